The number of nitrogens with one attached hydrogen (secondary N) is 2. The largest absolute Gasteiger partial charge is 0.489 e. The van der Waals surface area contributed by atoms with Gasteiger partial charge in [0.2, 0.25) is 11.8 Å². The highest BCUT2D eigenvalue weighted by atomic mass is 19.3. The number of benzene rings is 2. The zero-order valence-corrected chi connectivity index (χ0v) is 25.4. The van der Waals surface area contributed by atoms with Gasteiger partial charge < -0.3 is 45.0 Å². The Hall–Kier alpha value is -5.25. The van der Waals surface area contributed by atoms with Gasteiger partial charge in [0.15, 0.2) is 23.0 Å². The molecule has 0 radical (unpaired) electrons. The lowest BCUT2D eigenvalue weighted by Crippen LogP contribution is -2.44. The highest BCUT2D eigenvalue weighted by Gasteiger charge is 2.42. The van der Waals surface area contributed by atoms with Gasteiger partial charge in [-0.05, 0) is 74.6 Å². The molecule has 1 aliphatic carbocycles. The van der Waals surface area contributed by atoms with Crippen LogP contribution in [0.5, 0.6) is 11.5 Å². The Kier molecular flexibility index (Phi) is 9.89. The second-order valence-corrected chi connectivity index (χ2v) is 11.2. The molecule has 1 saturated heterocycles. The number of hydrogen-bond donors (Lipinski definition) is 4. The number of amides is 3. The molecule has 2 fully saturated rings. The summed E-state index contributed by atoms with van der Waals surface area (Å²) in [6.07, 6.45) is 1.20. The molecule has 16 heteroatoms. The van der Waals surface area contributed by atoms with Crippen molar-refractivity contribution in [2.75, 3.05) is 25.6 Å². The summed E-state index contributed by atoms with van der Waals surface area (Å²) in [4.78, 5) is 56.3. The number of aromatic carboxylic acids is 1. The van der Waals surface area contributed by atoms with Crippen molar-refractivity contribution in [2.45, 2.75) is 50.9 Å². The number of oxazole rings is 1. The molecular formula is C31H33F2N5O9. The van der Waals surface area contributed by atoms with Crippen LogP contribution in [-0.2, 0) is 9.53 Å². The lowest BCUT2D eigenvalue weighted by Gasteiger charge is -2.23. The van der Waals surface area contributed by atoms with Crippen LogP contribution in [0.4, 0.5) is 19.3 Å². The lowest BCUT2D eigenvalue weighted by atomic mass is 10.1. The van der Waals surface area contributed by atoms with Crippen LogP contribution in [0.2, 0.25) is 0 Å². The Morgan fingerprint density at radius 3 is 2.47 bits per heavy atom. The number of carbonyl (C=O) groups excluding carboxylic acids is 3. The number of halogens is 2. The number of likely N-dealkylation sites (tertiary alicyclic amines) is 1. The van der Waals surface area contributed by atoms with Crippen molar-refractivity contribution in [1.82, 2.24) is 15.2 Å². The Morgan fingerprint density at radius 1 is 1.13 bits per heavy atom. The first-order valence-corrected chi connectivity index (χ1v) is 14.7. The van der Waals surface area contributed by atoms with E-state index in [9.17, 15) is 28.0 Å². The molecule has 3 atom stereocenters. The number of hydrogen-bond acceptors (Lipinski definition) is 10. The van der Waals surface area contributed by atoms with E-state index in [1.165, 1.54) is 54.5 Å². The number of anilines is 1. The van der Waals surface area contributed by atoms with Gasteiger partial charge in [0.25, 0.3) is 5.91 Å². The number of rotatable bonds is 12. The molecule has 1 aliphatic heterocycles. The average Bonchev–Trinajstić information content (AvgIpc) is 3.59. The Morgan fingerprint density at radius 2 is 1.85 bits per heavy atom. The zero-order valence-electron chi connectivity index (χ0n) is 25.4. The smallest absolute Gasteiger partial charge is 0.407 e. The van der Waals surface area contributed by atoms with Gasteiger partial charge in [-0.1, -0.05) is 0 Å². The van der Waals surface area contributed by atoms with E-state index in [2.05, 4.69) is 25.1 Å². The molecule has 5 rings (SSSR count). The van der Waals surface area contributed by atoms with E-state index >= 15 is 0 Å². The van der Waals surface area contributed by atoms with Gasteiger partial charge in [0, 0.05) is 17.8 Å². The summed E-state index contributed by atoms with van der Waals surface area (Å²) in [5.41, 5.74) is 6.57. The molecule has 14 nitrogen and oxygen atoms in total. The van der Waals surface area contributed by atoms with Crippen molar-refractivity contribution in [3.63, 3.8) is 0 Å². The third-order valence-electron chi connectivity index (χ3n) is 7.62. The summed E-state index contributed by atoms with van der Waals surface area (Å²) < 4.78 is 47.1. The summed E-state index contributed by atoms with van der Waals surface area (Å²) in [6, 6.07) is 6.98. The van der Waals surface area contributed by atoms with Crippen molar-refractivity contribution in [3.05, 3.63) is 59.5 Å². The van der Waals surface area contributed by atoms with Gasteiger partial charge in [-0.2, -0.15) is 8.78 Å². The number of nitrogens with zero attached hydrogens (tertiary/aromatic N) is 2. The minimum Gasteiger partial charge on any atom is -0.489 e. The molecule has 2 aromatic carbocycles. The van der Waals surface area contributed by atoms with Crippen LogP contribution in [0.1, 0.15) is 58.8 Å². The van der Waals surface area contributed by atoms with Gasteiger partial charge in [-0.15, -0.1) is 0 Å². The molecule has 47 heavy (non-hydrogen) atoms. The Balaban J connectivity index is 1.44. The van der Waals surface area contributed by atoms with Gasteiger partial charge in [-0.3, -0.25) is 9.59 Å². The SMILES string of the molecule is COC(=O)N[C@@H]1C[C@@H](C(=O)Nc2ccc(C(=O)O)cc2)N(C(=O)c2nc(-c3ccc(OC(F)F)c(OCC4CC4)c3)oc2[C@H](C)N)C1. The number of methoxy groups -OCH3 is 1. The quantitative estimate of drug-likeness (QED) is 0.220. The average molecular weight is 658 g/mol. The Bertz CT molecular complexity index is 1640. The second kappa shape index (κ2) is 14.0. The molecular weight excluding hydrogens is 624 g/mol. The first kappa shape index (κ1) is 33.1. The maximum Gasteiger partial charge on any atom is 0.407 e. The summed E-state index contributed by atoms with van der Waals surface area (Å²) >= 11 is 0. The number of ether oxygens (including phenoxy) is 3. The summed E-state index contributed by atoms with van der Waals surface area (Å²) in [5.74, 6) is -2.31. The van der Waals surface area contributed by atoms with Crippen LogP contribution < -0.4 is 25.8 Å². The standard InChI is InChI=1S/C31H33F2N5O9/c1-15(34)25-24(37-27(47-25)18-7-10-22(46-30(32)33)23(11-18)45-14-16-3-4-16)28(40)38-13-20(36-31(43)44-2)12-21(38)26(39)35-19-8-5-17(6-9-19)29(41)42/h5-11,15-16,20-21,30H,3-4,12-14,34H2,1-2H3,(H,35,39)(H,36,43)(H,41,42)/t15-,20+,21-/m0/s1. The molecule has 250 valence electrons. The number of carboxylic acid groups (broad SMARTS) is 1. The molecule has 1 saturated carbocycles. The van der Waals surface area contributed by atoms with Crippen LogP contribution in [0.3, 0.4) is 0 Å². The number of carboxylic acids is 1. The van der Waals surface area contributed by atoms with Crippen molar-refractivity contribution in [1.29, 1.82) is 0 Å². The van der Waals surface area contributed by atoms with Crippen LogP contribution in [0.25, 0.3) is 11.5 Å². The number of alkyl halides is 2. The first-order chi connectivity index (χ1) is 22.4. The van der Waals surface area contributed by atoms with Gasteiger partial charge in [-0.25, -0.2) is 14.6 Å². The van der Waals surface area contributed by atoms with Crippen LogP contribution in [0, 0.1) is 5.92 Å². The van der Waals surface area contributed by atoms with Crippen molar-refractivity contribution < 1.29 is 51.7 Å². The number of carbonyl (C=O) groups is 4. The minimum absolute atomic E-state index is 0.00569. The fourth-order valence-corrected chi connectivity index (χ4v) is 5.05. The summed E-state index contributed by atoms with van der Waals surface area (Å²) in [5, 5.41) is 14.4. The molecule has 1 aromatic heterocycles. The molecule has 0 bridgehead atoms. The number of aromatic nitrogens is 1. The number of alkyl carbamates (subject to hydrolysis) is 1. The highest BCUT2D eigenvalue weighted by molar-refractivity contribution is 6.02. The second-order valence-electron chi connectivity index (χ2n) is 11.2. The Labute approximate surface area is 267 Å². The lowest BCUT2D eigenvalue weighted by molar-refractivity contribution is -0.119. The fraction of sp³-hybridized carbons (Fsp3) is 0.387. The fourth-order valence-electron chi connectivity index (χ4n) is 5.05. The van der Waals surface area contributed by atoms with E-state index in [1.54, 1.807) is 6.92 Å². The highest BCUT2D eigenvalue weighted by Crippen LogP contribution is 2.37. The molecule has 3 amide bonds. The van der Waals surface area contributed by atoms with E-state index < -0.39 is 48.6 Å². The molecule has 5 N–H and O–H groups in total. The van der Waals surface area contributed by atoms with Gasteiger partial charge in [0.1, 0.15) is 6.04 Å². The minimum atomic E-state index is -3.08. The molecule has 3 aromatic rings. The zero-order chi connectivity index (χ0) is 33.8. The molecule has 2 aliphatic rings. The first-order valence-electron chi connectivity index (χ1n) is 14.7. The monoisotopic (exact) mass is 657 g/mol. The maximum absolute atomic E-state index is 14.1. The van der Waals surface area contributed by atoms with Crippen LogP contribution in [-0.4, -0.2) is 77.8 Å². The van der Waals surface area contributed by atoms with Crippen molar-refractivity contribution >= 4 is 29.6 Å². The van der Waals surface area contributed by atoms with Crippen molar-refractivity contribution in [2.24, 2.45) is 11.7 Å². The molecule has 0 unspecified atom stereocenters. The van der Waals surface area contributed by atoms with Crippen LogP contribution in [0.15, 0.2) is 46.9 Å². The van der Waals surface area contributed by atoms with Gasteiger partial charge in [0.05, 0.1) is 31.4 Å². The summed E-state index contributed by atoms with van der Waals surface area (Å²) in [6.45, 7) is -1.29. The van der Waals surface area contributed by atoms with Crippen molar-refractivity contribution in [3.8, 4) is 23.0 Å². The molecule has 0 spiro atoms. The molecule has 2 heterocycles. The predicted molar refractivity (Wildman–Crippen MR) is 160 cm³/mol. The van der Waals surface area contributed by atoms with E-state index in [4.69, 9.17) is 20.0 Å². The van der Waals surface area contributed by atoms with E-state index in [-0.39, 0.29) is 53.1 Å². The third-order valence-corrected chi connectivity index (χ3v) is 7.62. The summed E-state index contributed by atoms with van der Waals surface area (Å²) in [7, 11) is 1.18. The topological polar surface area (TPSA) is 196 Å². The predicted octanol–water partition coefficient (Wildman–Crippen LogP) is 4.03. The van der Waals surface area contributed by atoms with E-state index in [0.29, 0.717) is 18.1 Å². The normalized spacial score (nSPS) is 18.0. The van der Waals surface area contributed by atoms with Crippen LogP contribution >= 0.6 is 0 Å². The third kappa shape index (κ3) is 7.95. The van der Waals surface area contributed by atoms with Gasteiger partial charge >= 0.3 is 18.7 Å². The maximum atomic E-state index is 14.1. The van der Waals surface area contributed by atoms with E-state index in [1.807, 2.05) is 0 Å². The van der Waals surface area contributed by atoms with E-state index in [0.717, 1.165) is 12.8 Å². The number of nitrogens with two attached hydrogens (primary N) is 1.